The van der Waals surface area contributed by atoms with E-state index in [0.29, 0.717) is 12.1 Å². The van der Waals surface area contributed by atoms with Crippen molar-refractivity contribution in [3.8, 4) is 0 Å². The van der Waals surface area contributed by atoms with Gasteiger partial charge in [-0.3, -0.25) is 4.79 Å². The van der Waals surface area contributed by atoms with E-state index in [9.17, 15) is 30.8 Å². The zero-order chi connectivity index (χ0) is 16.5. The molecular formula is C12H12F4N2O3S. The second-order valence-electron chi connectivity index (χ2n) is 4.80. The van der Waals surface area contributed by atoms with Crippen molar-refractivity contribution in [3.05, 3.63) is 29.6 Å². The van der Waals surface area contributed by atoms with Crippen LogP contribution in [0, 0.1) is 5.82 Å². The Morgan fingerprint density at radius 2 is 1.95 bits per heavy atom. The molecule has 0 aliphatic carbocycles. The van der Waals surface area contributed by atoms with Crippen LogP contribution in [-0.2, 0) is 21.0 Å². The molecular weight excluding hydrogens is 328 g/mol. The van der Waals surface area contributed by atoms with Gasteiger partial charge in [0.15, 0.2) is 0 Å². The molecule has 1 saturated heterocycles. The Bertz CT molecular complexity index is 678. The minimum atomic E-state index is -5.01. The second kappa shape index (κ2) is 5.84. The van der Waals surface area contributed by atoms with Gasteiger partial charge in [-0.15, -0.1) is 0 Å². The number of halogens is 4. The van der Waals surface area contributed by atoms with Crippen LogP contribution in [-0.4, -0.2) is 26.9 Å². The lowest BCUT2D eigenvalue weighted by molar-refractivity contribution is -0.140. The molecule has 0 radical (unpaired) electrons. The van der Waals surface area contributed by atoms with Crippen LogP contribution in [0.3, 0.4) is 0 Å². The summed E-state index contributed by atoms with van der Waals surface area (Å²) >= 11 is 0. The highest BCUT2D eigenvalue weighted by molar-refractivity contribution is 7.89. The highest BCUT2D eigenvalue weighted by atomic mass is 32.2. The molecule has 0 spiro atoms. The maximum Gasteiger partial charge on any atom is 0.417 e. The fourth-order valence-electron chi connectivity index (χ4n) is 2.07. The summed E-state index contributed by atoms with van der Waals surface area (Å²) in [6.45, 7) is -0.0133. The normalized spacial score (nSPS) is 19.8. The predicted octanol–water partition coefficient (Wildman–Crippen LogP) is 1.40. The third-order valence-electron chi connectivity index (χ3n) is 3.12. The summed E-state index contributed by atoms with van der Waals surface area (Å²) in [6, 6.07) is 0.639. The van der Waals surface area contributed by atoms with Crippen LogP contribution in [0.2, 0.25) is 0 Å². The molecule has 1 aliphatic rings. The number of piperidine rings is 1. The van der Waals surface area contributed by atoms with Crippen LogP contribution in [0.15, 0.2) is 23.1 Å². The number of carbonyl (C=O) groups is 1. The van der Waals surface area contributed by atoms with Crippen LogP contribution in [0.25, 0.3) is 0 Å². The van der Waals surface area contributed by atoms with E-state index in [1.54, 1.807) is 0 Å². The molecule has 1 aliphatic heterocycles. The fourth-order valence-corrected chi connectivity index (χ4v) is 3.55. The number of hydrogen-bond acceptors (Lipinski definition) is 3. The van der Waals surface area contributed by atoms with Crippen molar-refractivity contribution in [2.24, 2.45) is 0 Å². The first-order valence-electron chi connectivity index (χ1n) is 6.25. The molecule has 122 valence electrons. The monoisotopic (exact) mass is 340 g/mol. The summed E-state index contributed by atoms with van der Waals surface area (Å²) in [5.41, 5.74) is -1.57. The summed E-state index contributed by atoms with van der Waals surface area (Å²) in [4.78, 5) is 9.95. The Morgan fingerprint density at radius 1 is 1.27 bits per heavy atom. The summed E-state index contributed by atoms with van der Waals surface area (Å²) in [5.74, 6) is -1.44. The maximum atomic E-state index is 13.0. The van der Waals surface area contributed by atoms with E-state index in [0.717, 1.165) is 0 Å². The Hall–Kier alpha value is -1.68. The number of alkyl halides is 3. The van der Waals surface area contributed by atoms with Crippen molar-refractivity contribution >= 4 is 15.9 Å². The highest BCUT2D eigenvalue weighted by Crippen LogP contribution is 2.34. The number of rotatable bonds is 3. The van der Waals surface area contributed by atoms with Gasteiger partial charge in [0.25, 0.3) is 0 Å². The molecule has 1 heterocycles. The molecule has 0 aromatic heterocycles. The van der Waals surface area contributed by atoms with Crippen LogP contribution in [0.4, 0.5) is 17.6 Å². The molecule has 1 aromatic carbocycles. The summed E-state index contributed by atoms with van der Waals surface area (Å²) < 4.78 is 78.0. The van der Waals surface area contributed by atoms with Gasteiger partial charge in [0.05, 0.1) is 10.5 Å². The van der Waals surface area contributed by atoms with Gasteiger partial charge in [-0.05, 0) is 24.6 Å². The maximum absolute atomic E-state index is 13.0. The van der Waals surface area contributed by atoms with E-state index in [1.807, 2.05) is 0 Å². The van der Waals surface area contributed by atoms with E-state index < -0.39 is 38.5 Å². The molecule has 22 heavy (non-hydrogen) atoms. The molecule has 2 N–H and O–H groups in total. The average Bonchev–Trinajstić information content (AvgIpc) is 2.40. The number of carbonyl (C=O) groups excluding carboxylic acids is 1. The van der Waals surface area contributed by atoms with Gasteiger partial charge in [0.2, 0.25) is 15.9 Å². The van der Waals surface area contributed by atoms with Crippen molar-refractivity contribution < 1.29 is 30.8 Å². The highest BCUT2D eigenvalue weighted by Gasteiger charge is 2.38. The van der Waals surface area contributed by atoms with Crippen molar-refractivity contribution in [3.63, 3.8) is 0 Å². The largest absolute Gasteiger partial charge is 0.417 e. The third-order valence-corrected chi connectivity index (χ3v) is 4.70. The lowest BCUT2D eigenvalue weighted by Crippen LogP contribution is -2.47. The lowest BCUT2D eigenvalue weighted by Gasteiger charge is -2.24. The van der Waals surface area contributed by atoms with Crippen LogP contribution in [0.1, 0.15) is 18.4 Å². The number of amides is 1. The van der Waals surface area contributed by atoms with Gasteiger partial charge in [0, 0.05) is 19.0 Å². The zero-order valence-corrected chi connectivity index (χ0v) is 11.9. The molecule has 1 unspecified atom stereocenters. The Labute approximate surface area is 123 Å². The van der Waals surface area contributed by atoms with Crippen LogP contribution < -0.4 is 10.0 Å². The first-order valence-corrected chi connectivity index (χ1v) is 7.74. The molecule has 10 heteroatoms. The molecule has 0 bridgehead atoms. The molecule has 1 amide bonds. The zero-order valence-electron chi connectivity index (χ0n) is 11.1. The molecule has 1 fully saturated rings. The summed E-state index contributed by atoms with van der Waals surface area (Å²) in [6.07, 6.45) is -4.76. The number of benzene rings is 1. The van der Waals surface area contributed by atoms with Crippen molar-refractivity contribution in [1.29, 1.82) is 0 Å². The number of hydrogen-bond donors (Lipinski definition) is 2. The quantitative estimate of drug-likeness (QED) is 0.817. The van der Waals surface area contributed by atoms with Crippen molar-refractivity contribution in [1.82, 2.24) is 10.0 Å². The average molecular weight is 340 g/mol. The topological polar surface area (TPSA) is 75.3 Å². The first-order chi connectivity index (χ1) is 10.1. The Morgan fingerprint density at radius 3 is 2.50 bits per heavy atom. The number of sulfonamides is 1. The van der Waals surface area contributed by atoms with Gasteiger partial charge in [-0.25, -0.2) is 17.5 Å². The van der Waals surface area contributed by atoms with Gasteiger partial charge < -0.3 is 5.32 Å². The Balaban J connectivity index is 2.32. The summed E-state index contributed by atoms with van der Waals surface area (Å²) in [7, 11) is -4.50. The van der Waals surface area contributed by atoms with Gasteiger partial charge in [-0.2, -0.15) is 13.2 Å². The molecule has 1 aromatic rings. The first kappa shape index (κ1) is 16.7. The van der Waals surface area contributed by atoms with Crippen LogP contribution in [0.5, 0.6) is 0 Å². The minimum absolute atomic E-state index is 0.0133. The lowest BCUT2D eigenvalue weighted by atomic mass is 10.1. The van der Waals surface area contributed by atoms with E-state index in [4.69, 9.17) is 0 Å². The Kier molecular flexibility index (Phi) is 4.43. The number of nitrogens with one attached hydrogen (secondary N) is 2. The molecule has 1 atom stereocenters. The summed E-state index contributed by atoms with van der Waals surface area (Å²) in [5, 5.41) is 2.41. The second-order valence-corrected chi connectivity index (χ2v) is 6.48. The predicted molar refractivity (Wildman–Crippen MR) is 67.8 cm³/mol. The van der Waals surface area contributed by atoms with Gasteiger partial charge in [-0.1, -0.05) is 0 Å². The van der Waals surface area contributed by atoms with E-state index in [-0.39, 0.29) is 31.4 Å². The van der Waals surface area contributed by atoms with Crippen molar-refractivity contribution in [2.75, 3.05) is 6.54 Å². The molecule has 0 saturated carbocycles. The smallest absolute Gasteiger partial charge is 0.355 e. The standard InChI is InChI=1S/C12H12F4N2O3S/c13-7-1-3-10(9(5-7)12(14,15)16)22(20,21)18-8-2-4-11(19)17-6-8/h1,3,5,8,18H,2,4,6H2,(H,17,19). The van der Waals surface area contributed by atoms with Crippen LogP contribution >= 0.6 is 0 Å². The fraction of sp³-hybridized carbons (Fsp3) is 0.417. The van der Waals surface area contributed by atoms with E-state index in [2.05, 4.69) is 10.0 Å². The van der Waals surface area contributed by atoms with Gasteiger partial charge >= 0.3 is 6.18 Å². The van der Waals surface area contributed by atoms with Crippen molar-refractivity contribution in [2.45, 2.75) is 30.0 Å². The molecule has 5 nitrogen and oxygen atoms in total. The van der Waals surface area contributed by atoms with E-state index in [1.165, 1.54) is 0 Å². The molecule has 2 rings (SSSR count). The third kappa shape index (κ3) is 3.74. The van der Waals surface area contributed by atoms with Gasteiger partial charge in [0.1, 0.15) is 5.82 Å². The van der Waals surface area contributed by atoms with E-state index >= 15 is 0 Å². The SMILES string of the molecule is O=C1CCC(NS(=O)(=O)c2ccc(F)cc2C(F)(F)F)CN1. The minimum Gasteiger partial charge on any atom is -0.355 e.